The minimum Gasteiger partial charge on any atom is -0.428 e. The number of hydrogen-bond acceptors (Lipinski definition) is 12. The first kappa shape index (κ1) is 36.5. The third-order valence-electron chi connectivity index (χ3n) is 9.48. The van der Waals surface area contributed by atoms with E-state index in [0.717, 1.165) is 32.9 Å². The highest BCUT2D eigenvalue weighted by Gasteiger charge is 2.38. The van der Waals surface area contributed by atoms with Crippen LogP contribution in [0.2, 0.25) is 0 Å². The second-order valence-electron chi connectivity index (χ2n) is 13.1. The van der Waals surface area contributed by atoms with Crippen LogP contribution in [0.15, 0.2) is 109 Å². The zero-order valence-electron chi connectivity index (χ0n) is 30.2. The third-order valence-corrected chi connectivity index (χ3v) is 9.48. The number of fused-ring (bicyclic) bond motifs is 2. The molecule has 4 heterocycles. The maximum atomic E-state index is 13.7. The Morgan fingerprint density at radius 3 is 1.34 bits per heavy atom. The van der Waals surface area contributed by atoms with Crippen LogP contribution in [-0.2, 0) is 38.1 Å². The molecular formula is C40H38N8O8. The summed E-state index contributed by atoms with van der Waals surface area (Å²) in [5, 5.41) is 18.6. The summed E-state index contributed by atoms with van der Waals surface area (Å²) in [6.45, 7) is 2.09. The Morgan fingerprint density at radius 1 is 0.536 bits per heavy atom. The van der Waals surface area contributed by atoms with E-state index < -0.39 is 36.2 Å². The summed E-state index contributed by atoms with van der Waals surface area (Å²) < 4.78 is 25.1. The van der Waals surface area contributed by atoms with Gasteiger partial charge < -0.3 is 29.6 Å². The SMILES string of the molecule is O=C(OC(C(=O)Nc1ccn(-c2ccc3ccccc3c2)n1)N1CCOCC1)C(=O)OC(C(=O)Nc1ccn(-c2ccc3ccccc3c2)n1)N1CCOCC1. The van der Waals surface area contributed by atoms with E-state index in [4.69, 9.17) is 18.9 Å². The number of benzene rings is 4. The van der Waals surface area contributed by atoms with E-state index in [-0.39, 0.29) is 64.2 Å². The Bertz CT molecular complexity index is 2220. The molecule has 2 amide bonds. The fourth-order valence-electron chi connectivity index (χ4n) is 6.59. The first-order valence-corrected chi connectivity index (χ1v) is 18.1. The molecule has 0 spiro atoms. The van der Waals surface area contributed by atoms with Crippen LogP contribution in [0.1, 0.15) is 0 Å². The smallest absolute Gasteiger partial charge is 0.419 e. The summed E-state index contributed by atoms with van der Waals surface area (Å²) in [4.78, 5) is 57.2. The predicted molar refractivity (Wildman–Crippen MR) is 204 cm³/mol. The third kappa shape index (κ3) is 8.28. The van der Waals surface area contributed by atoms with Crippen molar-refractivity contribution >= 4 is 56.9 Å². The highest BCUT2D eigenvalue weighted by molar-refractivity contribution is 6.30. The van der Waals surface area contributed by atoms with Crippen molar-refractivity contribution in [3.05, 3.63) is 109 Å². The van der Waals surface area contributed by atoms with Crippen LogP contribution in [-0.4, -0.2) is 118 Å². The topological polar surface area (TPSA) is 171 Å². The average Bonchev–Trinajstić information content (AvgIpc) is 3.92. The number of rotatable bonds is 10. The summed E-state index contributed by atoms with van der Waals surface area (Å²) in [6, 6.07) is 30.8. The van der Waals surface area contributed by atoms with E-state index in [1.54, 1.807) is 43.7 Å². The Hall–Kier alpha value is -6.46. The van der Waals surface area contributed by atoms with Crippen molar-refractivity contribution in [2.24, 2.45) is 0 Å². The number of hydrogen-bond donors (Lipinski definition) is 2. The maximum absolute atomic E-state index is 13.7. The summed E-state index contributed by atoms with van der Waals surface area (Å²) in [6.07, 6.45) is 0.328. The molecule has 4 aromatic carbocycles. The Labute approximate surface area is 320 Å². The molecule has 2 fully saturated rings. The van der Waals surface area contributed by atoms with Gasteiger partial charge in [-0.05, 0) is 45.8 Å². The van der Waals surface area contributed by atoms with Gasteiger partial charge in [0.25, 0.3) is 11.8 Å². The van der Waals surface area contributed by atoms with Crippen LogP contribution >= 0.6 is 0 Å². The number of carbonyl (C=O) groups excluding carboxylic acids is 4. The molecule has 0 saturated carbocycles. The summed E-state index contributed by atoms with van der Waals surface area (Å²) in [5.41, 5.74) is 1.56. The lowest BCUT2D eigenvalue weighted by atomic mass is 10.1. The summed E-state index contributed by atoms with van der Waals surface area (Å²) in [5.74, 6) is -3.98. The zero-order valence-corrected chi connectivity index (χ0v) is 30.2. The minimum atomic E-state index is -1.53. The van der Waals surface area contributed by atoms with Gasteiger partial charge in [0.15, 0.2) is 11.6 Å². The van der Waals surface area contributed by atoms with Gasteiger partial charge in [-0.3, -0.25) is 19.4 Å². The van der Waals surface area contributed by atoms with E-state index in [2.05, 4.69) is 20.8 Å². The van der Waals surface area contributed by atoms with Crippen molar-refractivity contribution in [1.29, 1.82) is 0 Å². The van der Waals surface area contributed by atoms with Gasteiger partial charge >= 0.3 is 11.9 Å². The molecular weight excluding hydrogens is 720 g/mol. The van der Waals surface area contributed by atoms with Crippen molar-refractivity contribution in [3.63, 3.8) is 0 Å². The number of aromatic nitrogens is 4. The fourth-order valence-corrected chi connectivity index (χ4v) is 6.59. The lowest BCUT2D eigenvalue weighted by molar-refractivity contribution is -0.190. The lowest BCUT2D eigenvalue weighted by Gasteiger charge is -2.33. The molecule has 0 radical (unpaired) electrons. The maximum Gasteiger partial charge on any atom is 0.419 e. The molecule has 16 heteroatoms. The van der Waals surface area contributed by atoms with Gasteiger partial charge in [0, 0.05) is 50.7 Å². The number of amides is 2. The standard InChI is InChI=1S/C40H38N8O8/c49-35(41-33-13-15-47(43-33)31-11-9-27-5-1-3-7-29(27)25-31)37(45-17-21-53-22-18-45)55-39(51)40(52)56-38(46-19-23-54-24-20-46)36(50)42-34-14-16-48(44-34)32-12-10-28-6-2-4-8-30(28)26-32/h1-16,25-26,37-38H,17-24H2,(H,41,43,49)(H,42,44,50). The molecule has 2 aliphatic heterocycles. The normalized spacial score (nSPS) is 16.2. The zero-order chi connectivity index (χ0) is 38.4. The lowest BCUT2D eigenvalue weighted by Crippen LogP contribution is -2.54. The van der Waals surface area contributed by atoms with E-state index in [1.807, 2.05) is 84.9 Å². The second-order valence-corrected chi connectivity index (χ2v) is 13.1. The average molecular weight is 759 g/mol. The molecule has 2 unspecified atom stereocenters. The van der Waals surface area contributed by atoms with Crippen molar-refractivity contribution in [1.82, 2.24) is 29.4 Å². The molecule has 6 aromatic rings. The number of morpholine rings is 2. The molecule has 0 bridgehead atoms. The number of ether oxygens (including phenoxy) is 4. The first-order valence-electron chi connectivity index (χ1n) is 18.1. The van der Waals surface area contributed by atoms with Crippen LogP contribution in [0.5, 0.6) is 0 Å². The molecule has 56 heavy (non-hydrogen) atoms. The molecule has 8 rings (SSSR count). The van der Waals surface area contributed by atoms with Crippen LogP contribution in [0, 0.1) is 0 Å². The largest absolute Gasteiger partial charge is 0.428 e. The summed E-state index contributed by atoms with van der Waals surface area (Å²) >= 11 is 0. The van der Waals surface area contributed by atoms with Gasteiger partial charge in [-0.2, -0.15) is 10.2 Å². The molecule has 2 atom stereocenters. The number of esters is 2. The minimum absolute atomic E-state index is 0.201. The van der Waals surface area contributed by atoms with Crippen molar-refractivity contribution in [3.8, 4) is 11.4 Å². The van der Waals surface area contributed by atoms with Gasteiger partial charge in [-0.25, -0.2) is 19.0 Å². The summed E-state index contributed by atoms with van der Waals surface area (Å²) in [7, 11) is 0. The van der Waals surface area contributed by atoms with E-state index in [1.165, 1.54) is 0 Å². The van der Waals surface area contributed by atoms with E-state index >= 15 is 0 Å². The molecule has 16 nitrogen and oxygen atoms in total. The van der Waals surface area contributed by atoms with Crippen LogP contribution in [0.25, 0.3) is 32.9 Å². The van der Waals surface area contributed by atoms with Crippen LogP contribution in [0.4, 0.5) is 11.6 Å². The first-order chi connectivity index (χ1) is 27.4. The Kier molecular flexibility index (Phi) is 10.8. The number of nitrogens with one attached hydrogen (secondary N) is 2. The molecule has 2 aliphatic rings. The van der Waals surface area contributed by atoms with Gasteiger partial charge in [0.1, 0.15) is 0 Å². The van der Waals surface area contributed by atoms with Gasteiger partial charge in [0.05, 0.1) is 37.8 Å². The van der Waals surface area contributed by atoms with Crippen LogP contribution in [0.3, 0.4) is 0 Å². The van der Waals surface area contributed by atoms with Crippen molar-refractivity contribution in [2.45, 2.75) is 12.5 Å². The molecule has 2 aromatic heterocycles. The van der Waals surface area contributed by atoms with Crippen molar-refractivity contribution < 1.29 is 38.1 Å². The molecule has 0 aliphatic carbocycles. The highest BCUT2D eigenvalue weighted by atomic mass is 16.6. The van der Waals surface area contributed by atoms with Gasteiger partial charge in [-0.15, -0.1) is 0 Å². The monoisotopic (exact) mass is 758 g/mol. The number of anilines is 2. The Morgan fingerprint density at radius 2 is 0.929 bits per heavy atom. The number of carbonyl (C=O) groups is 4. The van der Waals surface area contributed by atoms with E-state index in [0.29, 0.717) is 0 Å². The second kappa shape index (κ2) is 16.5. The van der Waals surface area contributed by atoms with Crippen LogP contribution < -0.4 is 10.6 Å². The fraction of sp³-hybridized carbons (Fsp3) is 0.250. The van der Waals surface area contributed by atoms with Gasteiger partial charge in [0.2, 0.25) is 12.5 Å². The Balaban J connectivity index is 0.946. The predicted octanol–water partition coefficient (Wildman–Crippen LogP) is 3.34. The molecule has 2 saturated heterocycles. The quantitative estimate of drug-likeness (QED) is 0.155. The van der Waals surface area contributed by atoms with Gasteiger partial charge in [-0.1, -0.05) is 60.7 Å². The molecule has 286 valence electrons. The van der Waals surface area contributed by atoms with Crippen molar-refractivity contribution in [2.75, 3.05) is 63.2 Å². The highest BCUT2D eigenvalue weighted by Crippen LogP contribution is 2.21. The molecule has 2 N–H and O–H groups in total. The number of nitrogens with zero attached hydrogens (tertiary/aromatic N) is 6. The van der Waals surface area contributed by atoms with E-state index in [9.17, 15) is 19.2 Å².